The van der Waals surface area contributed by atoms with Gasteiger partial charge >= 0.3 is 11.9 Å². The predicted molar refractivity (Wildman–Crippen MR) is 91.2 cm³/mol. The van der Waals surface area contributed by atoms with Gasteiger partial charge in [0.15, 0.2) is 12.2 Å². The van der Waals surface area contributed by atoms with Crippen LogP contribution in [-0.2, 0) is 30.4 Å². The summed E-state index contributed by atoms with van der Waals surface area (Å²) in [5.41, 5.74) is 0.955. The van der Waals surface area contributed by atoms with Crippen molar-refractivity contribution < 1.29 is 23.8 Å². The fourth-order valence-corrected chi connectivity index (χ4v) is 2.23. The lowest BCUT2D eigenvalue weighted by atomic mass is 10.1. The standard InChI is InChI=1S/C19H28O5/c1-13(2)11-16(22-5)18(20)24-19(21)17(14(3)4)23-12-15-9-7-6-8-10-15/h6-10,13-14,16-17H,11-12H2,1-5H3. The van der Waals surface area contributed by atoms with Gasteiger partial charge in [-0.1, -0.05) is 58.0 Å². The van der Waals surface area contributed by atoms with E-state index in [1.807, 2.05) is 58.0 Å². The summed E-state index contributed by atoms with van der Waals surface area (Å²) in [7, 11) is 1.44. The highest BCUT2D eigenvalue weighted by molar-refractivity contribution is 5.90. The summed E-state index contributed by atoms with van der Waals surface area (Å²) in [6.45, 7) is 7.93. The van der Waals surface area contributed by atoms with Gasteiger partial charge in [0, 0.05) is 7.11 Å². The van der Waals surface area contributed by atoms with Crippen molar-refractivity contribution >= 4 is 11.9 Å². The van der Waals surface area contributed by atoms with Gasteiger partial charge in [0.05, 0.1) is 6.61 Å². The summed E-state index contributed by atoms with van der Waals surface area (Å²) in [6.07, 6.45) is -1.04. The smallest absolute Gasteiger partial charge is 0.343 e. The molecule has 0 amide bonds. The molecule has 0 saturated heterocycles. The van der Waals surface area contributed by atoms with Crippen LogP contribution in [0.4, 0.5) is 0 Å². The van der Waals surface area contributed by atoms with E-state index in [0.717, 1.165) is 5.56 Å². The Morgan fingerprint density at radius 2 is 1.62 bits per heavy atom. The number of rotatable bonds is 9. The Kier molecular flexibility index (Phi) is 8.65. The molecular formula is C19H28O5. The molecule has 0 radical (unpaired) electrons. The number of esters is 2. The maximum Gasteiger partial charge on any atom is 0.343 e. The molecule has 0 fully saturated rings. The maximum absolute atomic E-state index is 12.3. The molecule has 5 heteroatoms. The Hall–Kier alpha value is -1.72. The van der Waals surface area contributed by atoms with Crippen molar-refractivity contribution in [1.82, 2.24) is 0 Å². The molecule has 0 aromatic heterocycles. The van der Waals surface area contributed by atoms with E-state index in [0.29, 0.717) is 6.42 Å². The van der Waals surface area contributed by atoms with Gasteiger partial charge < -0.3 is 14.2 Å². The molecule has 0 N–H and O–H groups in total. The molecule has 0 aliphatic rings. The molecule has 0 aliphatic heterocycles. The van der Waals surface area contributed by atoms with Crippen molar-refractivity contribution in [3.63, 3.8) is 0 Å². The molecule has 24 heavy (non-hydrogen) atoms. The van der Waals surface area contributed by atoms with Gasteiger partial charge in [-0.25, -0.2) is 9.59 Å². The molecule has 1 rings (SSSR count). The first-order valence-electron chi connectivity index (χ1n) is 8.29. The largest absolute Gasteiger partial charge is 0.389 e. The SMILES string of the molecule is COC(CC(C)C)C(=O)OC(=O)C(OCc1ccccc1)C(C)C. The third-order valence-corrected chi connectivity index (χ3v) is 3.54. The second kappa shape index (κ2) is 10.2. The molecule has 0 bridgehead atoms. The summed E-state index contributed by atoms with van der Waals surface area (Å²) in [5.74, 6) is -1.19. The second-order valence-electron chi connectivity index (χ2n) is 6.56. The average molecular weight is 336 g/mol. The molecule has 134 valence electrons. The van der Waals surface area contributed by atoms with Crippen LogP contribution in [-0.4, -0.2) is 31.3 Å². The highest BCUT2D eigenvalue weighted by Crippen LogP contribution is 2.15. The Bertz CT molecular complexity index is 510. The van der Waals surface area contributed by atoms with Crippen molar-refractivity contribution in [3.05, 3.63) is 35.9 Å². The van der Waals surface area contributed by atoms with Crippen molar-refractivity contribution in [2.75, 3.05) is 7.11 Å². The van der Waals surface area contributed by atoms with E-state index >= 15 is 0 Å². The Morgan fingerprint density at radius 1 is 1.00 bits per heavy atom. The average Bonchev–Trinajstić information content (AvgIpc) is 2.53. The minimum absolute atomic E-state index is 0.111. The van der Waals surface area contributed by atoms with E-state index in [-0.39, 0.29) is 18.4 Å². The van der Waals surface area contributed by atoms with Crippen molar-refractivity contribution in [2.24, 2.45) is 11.8 Å². The number of carbonyl (C=O) groups is 2. The topological polar surface area (TPSA) is 61.8 Å². The number of benzene rings is 1. The van der Waals surface area contributed by atoms with Gasteiger partial charge in [-0.05, 0) is 23.8 Å². The Morgan fingerprint density at radius 3 is 2.12 bits per heavy atom. The van der Waals surface area contributed by atoms with Gasteiger partial charge in [0.25, 0.3) is 0 Å². The second-order valence-corrected chi connectivity index (χ2v) is 6.56. The lowest BCUT2D eigenvalue weighted by molar-refractivity contribution is -0.177. The zero-order chi connectivity index (χ0) is 18.1. The van der Waals surface area contributed by atoms with Crippen LogP contribution in [0.15, 0.2) is 30.3 Å². The minimum Gasteiger partial charge on any atom is -0.389 e. The lowest BCUT2D eigenvalue weighted by Gasteiger charge is -2.21. The van der Waals surface area contributed by atoms with Crippen molar-refractivity contribution in [3.8, 4) is 0 Å². The van der Waals surface area contributed by atoms with Crippen LogP contribution in [0.25, 0.3) is 0 Å². The first-order valence-corrected chi connectivity index (χ1v) is 8.29. The van der Waals surface area contributed by atoms with E-state index in [9.17, 15) is 9.59 Å². The zero-order valence-electron chi connectivity index (χ0n) is 15.2. The number of methoxy groups -OCH3 is 1. The summed E-state index contributed by atoms with van der Waals surface area (Å²) in [4.78, 5) is 24.4. The normalized spacial score (nSPS) is 13.8. The van der Waals surface area contributed by atoms with Crippen LogP contribution >= 0.6 is 0 Å². The quantitative estimate of drug-likeness (QED) is 0.511. The highest BCUT2D eigenvalue weighted by Gasteiger charge is 2.30. The number of hydrogen-bond donors (Lipinski definition) is 0. The van der Waals surface area contributed by atoms with E-state index in [1.54, 1.807) is 0 Å². The number of hydrogen-bond acceptors (Lipinski definition) is 5. The van der Waals surface area contributed by atoms with Crippen LogP contribution in [0.2, 0.25) is 0 Å². The maximum atomic E-state index is 12.3. The van der Waals surface area contributed by atoms with E-state index in [4.69, 9.17) is 14.2 Å². The molecule has 0 saturated carbocycles. The van der Waals surface area contributed by atoms with Crippen LogP contribution in [0, 0.1) is 11.8 Å². The van der Waals surface area contributed by atoms with Gasteiger partial charge in [-0.2, -0.15) is 0 Å². The summed E-state index contributed by atoms with van der Waals surface area (Å²) >= 11 is 0. The molecular weight excluding hydrogens is 308 g/mol. The van der Waals surface area contributed by atoms with E-state index in [1.165, 1.54) is 7.11 Å². The third-order valence-electron chi connectivity index (χ3n) is 3.54. The first-order chi connectivity index (χ1) is 11.3. The molecule has 5 nitrogen and oxygen atoms in total. The Labute approximate surface area is 144 Å². The van der Waals surface area contributed by atoms with Crippen LogP contribution in [0.5, 0.6) is 0 Å². The van der Waals surface area contributed by atoms with E-state index in [2.05, 4.69) is 0 Å². The summed E-state index contributed by atoms with van der Waals surface area (Å²) in [6, 6.07) is 9.55. The molecule has 1 aromatic carbocycles. The molecule has 0 heterocycles. The lowest BCUT2D eigenvalue weighted by Crippen LogP contribution is -2.37. The fourth-order valence-electron chi connectivity index (χ4n) is 2.23. The molecule has 1 aromatic rings. The van der Waals surface area contributed by atoms with Gasteiger partial charge in [0.2, 0.25) is 0 Å². The van der Waals surface area contributed by atoms with Crippen LogP contribution in [0.3, 0.4) is 0 Å². The molecule has 2 unspecified atom stereocenters. The van der Waals surface area contributed by atoms with Gasteiger partial charge in [-0.3, -0.25) is 0 Å². The number of ether oxygens (including phenoxy) is 3. The molecule has 0 aliphatic carbocycles. The molecule has 0 spiro atoms. The monoisotopic (exact) mass is 336 g/mol. The van der Waals surface area contributed by atoms with Crippen molar-refractivity contribution in [1.29, 1.82) is 0 Å². The minimum atomic E-state index is -0.800. The third kappa shape index (κ3) is 6.81. The van der Waals surface area contributed by atoms with Crippen LogP contribution < -0.4 is 0 Å². The van der Waals surface area contributed by atoms with Gasteiger partial charge in [-0.15, -0.1) is 0 Å². The fraction of sp³-hybridized carbons (Fsp3) is 0.579. The number of carbonyl (C=O) groups excluding carboxylic acids is 2. The van der Waals surface area contributed by atoms with Crippen molar-refractivity contribution in [2.45, 2.75) is 52.9 Å². The predicted octanol–water partition coefficient (Wildman–Crippen LogP) is 3.36. The zero-order valence-corrected chi connectivity index (χ0v) is 15.2. The van der Waals surface area contributed by atoms with E-state index < -0.39 is 24.1 Å². The Balaban J connectivity index is 2.64. The summed E-state index contributed by atoms with van der Waals surface area (Å²) < 4.78 is 15.8. The summed E-state index contributed by atoms with van der Waals surface area (Å²) in [5, 5.41) is 0. The van der Waals surface area contributed by atoms with Gasteiger partial charge in [0.1, 0.15) is 0 Å². The highest BCUT2D eigenvalue weighted by atomic mass is 16.6. The van der Waals surface area contributed by atoms with Crippen LogP contribution in [0.1, 0.15) is 39.7 Å². The molecule has 2 atom stereocenters. The first kappa shape index (κ1) is 20.3.